The topological polar surface area (TPSA) is 126 Å². The van der Waals surface area contributed by atoms with Crippen molar-refractivity contribution in [1.82, 2.24) is 19.5 Å². The van der Waals surface area contributed by atoms with Gasteiger partial charge in [-0.1, -0.05) is 30.3 Å². The number of nitrogens with zero attached hydrogens (tertiary/aromatic N) is 4. The maximum Gasteiger partial charge on any atom is 0.167 e. The number of aliphatic hydroxyl groups excluding tert-OH is 3. The lowest BCUT2D eigenvalue weighted by molar-refractivity contribution is -0.0207. The van der Waals surface area contributed by atoms with Crippen LogP contribution in [0.1, 0.15) is 30.7 Å². The molecule has 1 saturated heterocycles. The zero-order valence-electron chi connectivity index (χ0n) is 15.2. The van der Waals surface area contributed by atoms with Crippen LogP contribution >= 0.6 is 0 Å². The van der Waals surface area contributed by atoms with Gasteiger partial charge in [-0.25, -0.2) is 15.0 Å². The van der Waals surface area contributed by atoms with Gasteiger partial charge in [-0.2, -0.15) is 0 Å². The highest BCUT2D eigenvalue weighted by atomic mass is 16.5. The third-order valence-electron chi connectivity index (χ3n) is 5.00. The maximum atomic E-state index is 10.6. The highest BCUT2D eigenvalue weighted by molar-refractivity contribution is 5.82. The third-order valence-corrected chi connectivity index (χ3v) is 5.00. The quantitative estimate of drug-likeness (QED) is 0.475. The van der Waals surface area contributed by atoms with Crippen LogP contribution in [0.25, 0.3) is 11.2 Å². The number of hydrogen-bond donors (Lipinski definition) is 4. The molecule has 9 heteroatoms. The van der Waals surface area contributed by atoms with Crippen LogP contribution < -0.4 is 5.32 Å². The van der Waals surface area contributed by atoms with Gasteiger partial charge in [0.2, 0.25) is 0 Å². The number of anilines is 1. The number of aromatic nitrogens is 4. The van der Waals surface area contributed by atoms with Crippen molar-refractivity contribution in [2.45, 2.75) is 37.3 Å². The smallest absolute Gasteiger partial charge is 0.167 e. The van der Waals surface area contributed by atoms with Crippen molar-refractivity contribution in [3.8, 4) is 0 Å². The summed E-state index contributed by atoms with van der Waals surface area (Å²) in [5, 5.41) is 32.8. The van der Waals surface area contributed by atoms with Crippen LogP contribution in [0.3, 0.4) is 0 Å². The van der Waals surface area contributed by atoms with Gasteiger partial charge in [-0.15, -0.1) is 0 Å². The van der Waals surface area contributed by atoms with Gasteiger partial charge in [-0.3, -0.25) is 4.57 Å². The number of rotatable bonds is 7. The average Bonchev–Trinajstić information content (AvgIpc) is 3.39. The second kappa shape index (κ2) is 8.19. The Labute approximate surface area is 161 Å². The summed E-state index contributed by atoms with van der Waals surface area (Å²) in [4.78, 5) is 13.0. The van der Waals surface area contributed by atoms with Crippen LogP contribution in [0.4, 0.5) is 5.82 Å². The highest BCUT2D eigenvalue weighted by Crippen LogP contribution is 2.31. The Morgan fingerprint density at radius 2 is 1.96 bits per heavy atom. The van der Waals surface area contributed by atoms with Gasteiger partial charge < -0.3 is 25.4 Å². The molecular formula is C19H23N5O4. The fraction of sp³-hybridized carbons (Fsp3) is 0.421. The molecule has 2 aromatic heterocycles. The van der Waals surface area contributed by atoms with Crippen LogP contribution in [0.5, 0.6) is 0 Å². The molecule has 9 nitrogen and oxygen atoms in total. The lowest BCUT2D eigenvalue weighted by atomic mass is 10.0. The van der Waals surface area contributed by atoms with Crippen molar-refractivity contribution in [2.24, 2.45) is 0 Å². The minimum Gasteiger partial charge on any atom is -0.394 e. The van der Waals surface area contributed by atoms with Crippen molar-refractivity contribution < 1.29 is 20.1 Å². The van der Waals surface area contributed by atoms with Crippen LogP contribution in [0.15, 0.2) is 43.0 Å². The Hall–Kier alpha value is -2.59. The molecule has 4 rings (SSSR count). The number of ether oxygens (including phenoxy) is 1. The van der Waals surface area contributed by atoms with Gasteiger partial charge in [-0.05, 0) is 18.4 Å². The molecule has 0 amide bonds. The summed E-state index contributed by atoms with van der Waals surface area (Å²) >= 11 is 0. The van der Waals surface area contributed by atoms with Gasteiger partial charge in [0.05, 0.1) is 31.7 Å². The number of fused-ring (bicyclic) bond motifs is 1. The molecule has 4 unspecified atom stereocenters. The molecule has 4 atom stereocenters. The number of nitrogens with one attached hydrogen (secondary N) is 1. The minimum absolute atomic E-state index is 0.0134. The zero-order chi connectivity index (χ0) is 19.5. The first-order valence-electron chi connectivity index (χ1n) is 9.25. The molecule has 0 aliphatic carbocycles. The van der Waals surface area contributed by atoms with E-state index < -0.39 is 12.1 Å². The Bertz CT molecular complexity index is 919. The average molecular weight is 385 g/mol. The molecule has 0 saturated carbocycles. The molecule has 0 radical (unpaired) electrons. The first-order valence-corrected chi connectivity index (χ1v) is 9.25. The molecule has 1 fully saturated rings. The Morgan fingerprint density at radius 1 is 1.14 bits per heavy atom. The van der Waals surface area contributed by atoms with Crippen molar-refractivity contribution >= 4 is 17.0 Å². The predicted molar refractivity (Wildman–Crippen MR) is 101 cm³/mol. The van der Waals surface area contributed by atoms with Crippen molar-refractivity contribution in [3.63, 3.8) is 0 Å². The van der Waals surface area contributed by atoms with E-state index in [1.54, 1.807) is 18.5 Å². The molecule has 1 aromatic carbocycles. The molecular weight excluding hydrogens is 362 g/mol. The van der Waals surface area contributed by atoms with E-state index in [1.807, 2.05) is 22.8 Å². The van der Waals surface area contributed by atoms with E-state index in [0.717, 1.165) is 12.8 Å². The molecule has 3 heterocycles. The number of aliphatic hydroxyl groups is 3. The molecule has 1 aliphatic heterocycles. The normalized spacial score (nSPS) is 21.7. The van der Waals surface area contributed by atoms with Gasteiger partial charge in [0.25, 0.3) is 0 Å². The van der Waals surface area contributed by atoms with E-state index in [1.165, 1.54) is 6.33 Å². The zero-order valence-corrected chi connectivity index (χ0v) is 15.2. The van der Waals surface area contributed by atoms with E-state index in [4.69, 9.17) is 4.74 Å². The monoisotopic (exact) mass is 385 g/mol. The summed E-state index contributed by atoms with van der Waals surface area (Å²) in [5.41, 5.74) is 1.81. The summed E-state index contributed by atoms with van der Waals surface area (Å²) in [6.07, 6.45) is 3.24. The lowest BCUT2D eigenvalue weighted by Gasteiger charge is -2.23. The fourth-order valence-electron chi connectivity index (χ4n) is 3.48. The van der Waals surface area contributed by atoms with E-state index in [9.17, 15) is 15.3 Å². The van der Waals surface area contributed by atoms with Crippen LogP contribution in [-0.2, 0) is 4.74 Å². The molecule has 28 heavy (non-hydrogen) atoms. The number of benzene rings is 1. The molecule has 148 valence electrons. The summed E-state index contributed by atoms with van der Waals surface area (Å²) in [5.74, 6) is 0.425. The Morgan fingerprint density at radius 3 is 2.68 bits per heavy atom. The number of imidazole rings is 1. The van der Waals surface area contributed by atoms with Gasteiger partial charge >= 0.3 is 0 Å². The van der Waals surface area contributed by atoms with Crippen LogP contribution in [-0.4, -0.2) is 60.2 Å². The fourth-order valence-corrected chi connectivity index (χ4v) is 3.48. The summed E-state index contributed by atoms with van der Waals surface area (Å²) in [6.45, 7) is -0.299. The summed E-state index contributed by atoms with van der Waals surface area (Å²) < 4.78 is 7.63. The highest BCUT2D eigenvalue weighted by Gasteiger charge is 2.28. The van der Waals surface area contributed by atoms with Crippen molar-refractivity contribution in [3.05, 3.63) is 48.5 Å². The van der Waals surface area contributed by atoms with Gasteiger partial charge in [0.15, 0.2) is 17.0 Å². The Kier molecular flexibility index (Phi) is 5.49. The molecule has 3 aromatic rings. The largest absolute Gasteiger partial charge is 0.394 e. The molecule has 1 aliphatic rings. The minimum atomic E-state index is -0.915. The first kappa shape index (κ1) is 18.8. The van der Waals surface area contributed by atoms with E-state index in [2.05, 4.69) is 20.3 Å². The summed E-state index contributed by atoms with van der Waals surface area (Å²) in [6, 6.07) is 8.47. The summed E-state index contributed by atoms with van der Waals surface area (Å²) in [7, 11) is 0. The maximum absolute atomic E-state index is 10.6. The predicted octanol–water partition coefficient (Wildman–Crippen LogP) is 1.00. The second-order valence-electron chi connectivity index (χ2n) is 6.81. The third kappa shape index (κ3) is 3.57. The Balaban J connectivity index is 1.59. The van der Waals surface area contributed by atoms with Gasteiger partial charge in [0.1, 0.15) is 18.7 Å². The van der Waals surface area contributed by atoms with E-state index in [0.29, 0.717) is 22.5 Å². The van der Waals surface area contributed by atoms with Crippen molar-refractivity contribution in [2.75, 3.05) is 18.5 Å². The van der Waals surface area contributed by atoms with Crippen LogP contribution in [0, 0.1) is 0 Å². The molecule has 0 bridgehead atoms. The lowest BCUT2D eigenvalue weighted by Crippen LogP contribution is -2.31. The van der Waals surface area contributed by atoms with Gasteiger partial charge in [0, 0.05) is 0 Å². The SMILES string of the molecule is OCC1CCC(n2cnc3c(NC(CO)C(O)c4ccccc4)ncnc32)O1. The number of hydrogen-bond acceptors (Lipinski definition) is 8. The van der Waals surface area contributed by atoms with E-state index >= 15 is 0 Å². The van der Waals surface area contributed by atoms with Crippen LogP contribution in [0.2, 0.25) is 0 Å². The molecule has 4 N–H and O–H groups in total. The first-order chi connectivity index (χ1) is 13.7. The second-order valence-corrected chi connectivity index (χ2v) is 6.81. The van der Waals surface area contributed by atoms with Crippen molar-refractivity contribution in [1.29, 1.82) is 0 Å². The standard InChI is InChI=1S/C19H23N5O4/c25-8-13-6-7-15(28-13)24-11-22-16-18(20-10-21-19(16)24)23-14(9-26)17(27)12-4-2-1-3-5-12/h1-5,10-11,13-15,17,25-27H,6-9H2,(H,20,21,23). The molecule has 0 spiro atoms. The van der Waals surface area contributed by atoms with E-state index in [-0.39, 0.29) is 25.5 Å².